The summed E-state index contributed by atoms with van der Waals surface area (Å²) in [5.74, 6) is -2.15. The van der Waals surface area contributed by atoms with Gasteiger partial charge in [-0.05, 0) is 37.6 Å². The molecule has 2 rings (SSSR count). The van der Waals surface area contributed by atoms with Crippen LogP contribution in [0, 0.1) is 11.7 Å². The number of carboxylic acid groups (broad SMARTS) is 1. The van der Waals surface area contributed by atoms with Gasteiger partial charge in [-0.1, -0.05) is 19.1 Å². The largest absolute Gasteiger partial charge is 0.480 e. The van der Waals surface area contributed by atoms with Gasteiger partial charge in [-0.2, -0.15) is 0 Å². The molecule has 3 atom stereocenters. The maximum atomic E-state index is 13.3. The minimum atomic E-state index is -1.15. The smallest absolute Gasteiger partial charge is 0.324 e. The van der Waals surface area contributed by atoms with Crippen LogP contribution in [0.15, 0.2) is 24.3 Å². The lowest BCUT2D eigenvalue weighted by atomic mass is 9.87. The predicted molar refractivity (Wildman–Crippen MR) is 90.4 cm³/mol. The van der Waals surface area contributed by atoms with Crippen molar-refractivity contribution >= 4 is 11.9 Å². The van der Waals surface area contributed by atoms with Crippen molar-refractivity contribution in [3.8, 4) is 0 Å². The van der Waals surface area contributed by atoms with Gasteiger partial charge in [-0.15, -0.1) is 0 Å². The van der Waals surface area contributed by atoms with Crippen molar-refractivity contribution < 1.29 is 24.2 Å². The third kappa shape index (κ3) is 3.39. The van der Waals surface area contributed by atoms with Crippen molar-refractivity contribution in [3.05, 3.63) is 35.6 Å². The topological polar surface area (TPSA) is 81.1 Å². The van der Waals surface area contributed by atoms with Gasteiger partial charge >= 0.3 is 5.97 Å². The Labute approximate surface area is 146 Å². The van der Waals surface area contributed by atoms with E-state index in [4.69, 9.17) is 5.11 Å². The van der Waals surface area contributed by atoms with Gasteiger partial charge < -0.3 is 15.1 Å². The van der Waals surface area contributed by atoms with Gasteiger partial charge in [0.05, 0.1) is 12.5 Å². The highest BCUT2D eigenvalue weighted by Crippen LogP contribution is 2.48. The number of likely N-dealkylation sites (tertiary alicyclic amines) is 1. The number of nitrogens with zero attached hydrogens (tertiary/aromatic N) is 2. The molecule has 2 N–H and O–H groups in total. The van der Waals surface area contributed by atoms with Crippen LogP contribution in [0.4, 0.5) is 4.39 Å². The number of hydrogen-bond acceptors (Lipinski definition) is 4. The number of benzene rings is 1. The van der Waals surface area contributed by atoms with E-state index in [1.165, 1.54) is 17.0 Å². The van der Waals surface area contributed by atoms with Gasteiger partial charge in [-0.25, -0.2) is 4.39 Å². The maximum absolute atomic E-state index is 13.3. The average molecular weight is 352 g/mol. The number of carbonyl (C=O) groups is 2. The third-order valence-corrected chi connectivity index (χ3v) is 5.35. The summed E-state index contributed by atoms with van der Waals surface area (Å²) in [5, 5.41) is 18.9. The fourth-order valence-electron chi connectivity index (χ4n) is 3.82. The highest BCUT2D eigenvalue weighted by molar-refractivity contribution is 5.85. The Hall–Kier alpha value is -1.99. The first-order chi connectivity index (χ1) is 11.8. The molecule has 138 valence electrons. The van der Waals surface area contributed by atoms with E-state index in [1.54, 1.807) is 38.1 Å². The molecule has 1 aliphatic heterocycles. The minimum absolute atomic E-state index is 0.163. The second-order valence-electron chi connectivity index (χ2n) is 6.59. The second-order valence-corrected chi connectivity index (χ2v) is 6.59. The Morgan fingerprint density at radius 2 is 1.96 bits per heavy atom. The third-order valence-electron chi connectivity index (χ3n) is 5.35. The van der Waals surface area contributed by atoms with E-state index in [2.05, 4.69) is 0 Å². The minimum Gasteiger partial charge on any atom is -0.480 e. The fourth-order valence-corrected chi connectivity index (χ4v) is 3.82. The number of carbonyl (C=O) groups excluding carboxylic acids is 1. The number of aliphatic hydroxyl groups is 1. The van der Waals surface area contributed by atoms with Gasteiger partial charge in [-0.3, -0.25) is 14.5 Å². The SMILES string of the molecule is CC[C@]1(C(=O)O)C[C@@H](C(=O)N(C)CCO)[C@@H](c2ccc(F)cc2)N1C. The molecular weight excluding hydrogens is 327 g/mol. The molecule has 0 spiro atoms. The molecule has 0 saturated carbocycles. The summed E-state index contributed by atoms with van der Waals surface area (Å²) >= 11 is 0. The molecule has 1 saturated heterocycles. The monoisotopic (exact) mass is 352 g/mol. The van der Waals surface area contributed by atoms with Crippen molar-refractivity contribution in [2.45, 2.75) is 31.3 Å². The van der Waals surface area contributed by atoms with Gasteiger partial charge in [0.1, 0.15) is 11.4 Å². The van der Waals surface area contributed by atoms with Crippen molar-refractivity contribution in [1.82, 2.24) is 9.80 Å². The molecule has 1 aliphatic rings. The number of rotatable bonds is 6. The Balaban J connectivity index is 2.47. The molecule has 25 heavy (non-hydrogen) atoms. The number of carboxylic acids is 1. The second kappa shape index (κ2) is 7.49. The maximum Gasteiger partial charge on any atom is 0.324 e. The Morgan fingerprint density at radius 3 is 2.44 bits per heavy atom. The van der Waals surface area contributed by atoms with Crippen LogP contribution in [0.1, 0.15) is 31.4 Å². The quantitative estimate of drug-likeness (QED) is 0.811. The van der Waals surface area contributed by atoms with E-state index in [1.807, 2.05) is 0 Å². The van der Waals surface area contributed by atoms with Crippen LogP contribution in [-0.4, -0.2) is 64.7 Å². The van der Waals surface area contributed by atoms with Crippen LogP contribution in [0.25, 0.3) is 0 Å². The van der Waals surface area contributed by atoms with E-state index < -0.39 is 23.5 Å². The van der Waals surface area contributed by atoms with Gasteiger partial charge in [0.25, 0.3) is 0 Å². The molecule has 1 heterocycles. The number of amides is 1. The molecular formula is C18H25FN2O4. The first-order valence-corrected chi connectivity index (χ1v) is 8.36. The molecule has 0 unspecified atom stereocenters. The van der Waals surface area contributed by atoms with Crippen molar-refractivity contribution in [2.24, 2.45) is 5.92 Å². The summed E-state index contributed by atoms with van der Waals surface area (Å²) < 4.78 is 13.3. The number of halogens is 1. The Bertz CT molecular complexity index is 636. The lowest BCUT2D eigenvalue weighted by Crippen LogP contribution is -2.48. The van der Waals surface area contributed by atoms with Crippen molar-refractivity contribution in [2.75, 3.05) is 27.2 Å². The van der Waals surface area contributed by atoms with E-state index in [0.717, 1.165) is 0 Å². The molecule has 6 nitrogen and oxygen atoms in total. The van der Waals surface area contributed by atoms with Gasteiger partial charge in [0, 0.05) is 19.6 Å². The van der Waals surface area contributed by atoms with E-state index in [-0.39, 0.29) is 31.3 Å². The zero-order valence-corrected chi connectivity index (χ0v) is 14.8. The van der Waals surface area contributed by atoms with Crippen molar-refractivity contribution in [1.29, 1.82) is 0 Å². The highest BCUT2D eigenvalue weighted by Gasteiger charge is 2.56. The molecule has 1 amide bonds. The fraction of sp³-hybridized carbons (Fsp3) is 0.556. The first kappa shape index (κ1) is 19.3. The lowest BCUT2D eigenvalue weighted by molar-refractivity contribution is -0.150. The number of aliphatic carboxylic acids is 1. The predicted octanol–water partition coefficient (Wildman–Crippen LogP) is 1.50. The molecule has 0 aliphatic carbocycles. The van der Waals surface area contributed by atoms with Gasteiger partial charge in [0.15, 0.2) is 0 Å². The summed E-state index contributed by atoms with van der Waals surface area (Å²) in [7, 11) is 3.29. The van der Waals surface area contributed by atoms with E-state index in [0.29, 0.717) is 12.0 Å². The molecule has 1 aromatic rings. The molecule has 0 bridgehead atoms. The molecule has 0 aromatic heterocycles. The van der Waals surface area contributed by atoms with Gasteiger partial charge in [0.2, 0.25) is 5.91 Å². The van der Waals surface area contributed by atoms with Crippen LogP contribution < -0.4 is 0 Å². The molecule has 0 radical (unpaired) electrons. The normalized spacial score (nSPS) is 26.6. The molecule has 1 aromatic carbocycles. The van der Waals surface area contributed by atoms with E-state index in [9.17, 15) is 19.1 Å². The highest BCUT2D eigenvalue weighted by atomic mass is 19.1. The Kier molecular flexibility index (Phi) is 5.80. The van der Waals surface area contributed by atoms with Crippen molar-refractivity contribution in [3.63, 3.8) is 0 Å². The first-order valence-electron chi connectivity index (χ1n) is 8.36. The van der Waals surface area contributed by atoms with Crippen LogP contribution >= 0.6 is 0 Å². The zero-order valence-electron chi connectivity index (χ0n) is 14.8. The summed E-state index contributed by atoms with van der Waals surface area (Å²) in [4.78, 5) is 28.0. The standard InChI is InChI=1S/C18H25FN2O4/c1-4-18(17(24)25)11-14(16(23)20(2)9-10-22)15(21(18)3)12-5-7-13(19)8-6-12/h5-8,14-15,22H,4,9-11H2,1-3H3,(H,24,25)/t14-,15-,18-/m1/s1. The summed E-state index contributed by atoms with van der Waals surface area (Å²) in [6, 6.07) is 5.35. The van der Waals surface area contributed by atoms with Crippen LogP contribution in [0.3, 0.4) is 0 Å². The summed E-state index contributed by atoms with van der Waals surface area (Å²) in [6.07, 6.45) is 0.524. The molecule has 1 fully saturated rings. The average Bonchev–Trinajstić information content (AvgIpc) is 2.89. The zero-order chi connectivity index (χ0) is 18.8. The summed E-state index contributed by atoms with van der Waals surface area (Å²) in [6.45, 7) is 1.81. The Morgan fingerprint density at radius 1 is 1.36 bits per heavy atom. The number of aliphatic hydroxyl groups excluding tert-OH is 1. The van der Waals surface area contributed by atoms with E-state index >= 15 is 0 Å². The van der Waals surface area contributed by atoms with Crippen LogP contribution in [-0.2, 0) is 9.59 Å². The number of likely N-dealkylation sites (N-methyl/N-ethyl adjacent to an activating group) is 2. The number of hydrogen-bond donors (Lipinski definition) is 2. The van der Waals surface area contributed by atoms with Crippen LogP contribution in [0.5, 0.6) is 0 Å². The summed E-state index contributed by atoms with van der Waals surface area (Å²) in [5.41, 5.74) is -0.449. The van der Waals surface area contributed by atoms with Crippen LogP contribution in [0.2, 0.25) is 0 Å². The molecule has 7 heteroatoms. The lowest BCUT2D eigenvalue weighted by Gasteiger charge is -2.34.